The molecule has 1 aromatic heterocycles. The number of hydrogen-bond donors (Lipinski definition) is 0. The lowest BCUT2D eigenvalue weighted by molar-refractivity contribution is 0.122. The van der Waals surface area contributed by atoms with Gasteiger partial charge in [0, 0.05) is 16.8 Å². The minimum Gasteiger partial charge on any atom is -0.305 e. The number of aromatic nitrogens is 1. The van der Waals surface area contributed by atoms with E-state index in [1.165, 1.54) is 0 Å². The topological polar surface area (TPSA) is 84.0 Å². The Bertz CT molecular complexity index is 840. The van der Waals surface area contributed by atoms with Gasteiger partial charge in [-0.3, -0.25) is 14.1 Å². The summed E-state index contributed by atoms with van der Waals surface area (Å²) in [5.41, 5.74) is 2.47. The zero-order valence-electron chi connectivity index (χ0n) is 24.1. The van der Waals surface area contributed by atoms with Crippen LogP contribution in [-0.2, 0) is 39.1 Å². The van der Waals surface area contributed by atoms with Crippen molar-refractivity contribution in [2.75, 3.05) is 0 Å². The van der Waals surface area contributed by atoms with E-state index in [-0.39, 0.29) is 17.8 Å². The van der Waals surface area contributed by atoms with E-state index in [0.29, 0.717) is 0 Å². The van der Waals surface area contributed by atoms with Crippen molar-refractivity contribution >= 4 is 15.2 Å². The average molecular weight is 534 g/mol. The molecule has 0 unspecified atom stereocenters. The molecule has 1 aromatic rings. The Morgan fingerprint density at radius 2 is 1.09 bits per heavy atom. The van der Waals surface area contributed by atoms with Gasteiger partial charge in [0.1, 0.15) is 0 Å². The molecule has 0 aliphatic carbocycles. The molecule has 35 heavy (non-hydrogen) atoms. The largest absolute Gasteiger partial charge is 0.346 e. The second kappa shape index (κ2) is 12.8. The van der Waals surface area contributed by atoms with Gasteiger partial charge in [0.05, 0.1) is 24.4 Å². The highest BCUT2D eigenvalue weighted by Gasteiger charge is 2.53. The van der Waals surface area contributed by atoms with Crippen molar-refractivity contribution in [3.8, 4) is 0 Å². The van der Waals surface area contributed by atoms with E-state index in [1.54, 1.807) is 55.4 Å². The van der Waals surface area contributed by atoms with Crippen molar-refractivity contribution in [2.45, 2.75) is 138 Å². The van der Waals surface area contributed by atoms with Crippen LogP contribution in [0.2, 0.25) is 0 Å². The molecule has 0 aromatic carbocycles. The lowest BCUT2D eigenvalue weighted by Crippen LogP contribution is -2.25. The maximum atomic E-state index is 14.5. The third-order valence-electron chi connectivity index (χ3n) is 4.84. The first-order chi connectivity index (χ1) is 15.8. The van der Waals surface area contributed by atoms with Crippen molar-refractivity contribution < 1.29 is 27.2 Å². The molecule has 9 heteroatoms. The highest BCUT2D eigenvalue weighted by molar-refractivity contribution is 7.72. The van der Waals surface area contributed by atoms with Gasteiger partial charge in [0.15, 0.2) is 5.40 Å². The molecule has 0 atom stereocenters. The molecule has 1 rings (SSSR count). The minimum atomic E-state index is -3.97. The van der Waals surface area contributed by atoms with Crippen LogP contribution in [0.4, 0.5) is 0 Å². The highest BCUT2D eigenvalue weighted by atomic mass is 31.2. The molecule has 0 fully saturated rings. The van der Waals surface area contributed by atoms with E-state index in [0.717, 1.165) is 17.0 Å². The van der Waals surface area contributed by atoms with Crippen molar-refractivity contribution in [1.29, 1.82) is 0 Å². The van der Waals surface area contributed by atoms with Gasteiger partial charge in [-0.15, -0.1) is 0 Å². The summed E-state index contributed by atoms with van der Waals surface area (Å²) in [6.07, 6.45) is -1.52. The van der Waals surface area contributed by atoms with E-state index in [2.05, 4.69) is 34.6 Å². The van der Waals surface area contributed by atoms with Gasteiger partial charge >= 0.3 is 15.2 Å². The quantitative estimate of drug-likeness (QED) is 0.235. The Hall–Kier alpha value is -0.550. The first-order valence-electron chi connectivity index (χ1n) is 12.7. The van der Waals surface area contributed by atoms with E-state index < -0.39 is 45.0 Å². The molecule has 0 bridgehead atoms. The van der Waals surface area contributed by atoms with Crippen LogP contribution >= 0.6 is 15.2 Å². The Morgan fingerprint density at radius 1 is 0.714 bits per heavy atom. The first-order valence-corrected chi connectivity index (χ1v) is 16.0. The lowest BCUT2D eigenvalue weighted by Gasteiger charge is -2.35. The molecule has 0 spiro atoms. The van der Waals surface area contributed by atoms with Crippen molar-refractivity contribution in [3.05, 3.63) is 29.1 Å². The first kappa shape index (κ1) is 32.5. The fraction of sp³-hybridized carbons (Fsp3) is 0.808. The summed E-state index contributed by atoms with van der Waals surface area (Å²) in [5, 5.41) is -1.14. The zero-order valence-corrected chi connectivity index (χ0v) is 25.9. The standard InChI is InChI=1S/C26H49NO6P2/c1-17(2)23-14-22(15-24(27-23)26(11,12)13)16-25(34(28,30-18(3)4)31-19(5)6)35(29,32-20(7)8)33-21(9)10/h14-15,17-21,25H,16H2,1-13H3. The predicted octanol–water partition coefficient (Wildman–Crippen LogP) is 8.46. The lowest BCUT2D eigenvalue weighted by atomic mass is 9.89. The van der Waals surface area contributed by atoms with Crippen LogP contribution in [0.3, 0.4) is 0 Å². The predicted molar refractivity (Wildman–Crippen MR) is 145 cm³/mol. The fourth-order valence-electron chi connectivity index (χ4n) is 3.52. The van der Waals surface area contributed by atoms with Gasteiger partial charge in [-0.1, -0.05) is 34.6 Å². The van der Waals surface area contributed by atoms with Crippen LogP contribution in [0.1, 0.15) is 113 Å². The van der Waals surface area contributed by atoms with E-state index >= 15 is 0 Å². The van der Waals surface area contributed by atoms with Gasteiger partial charge in [0.25, 0.3) is 0 Å². The molecule has 0 saturated heterocycles. The van der Waals surface area contributed by atoms with Gasteiger partial charge < -0.3 is 18.1 Å². The Kier molecular flexibility index (Phi) is 11.9. The van der Waals surface area contributed by atoms with Gasteiger partial charge in [-0.2, -0.15) is 0 Å². The average Bonchev–Trinajstić information content (AvgIpc) is 2.62. The maximum absolute atomic E-state index is 14.5. The SMILES string of the molecule is CC(C)OP(=O)(OC(C)C)C(Cc1cc(C(C)C)nc(C(C)(C)C)c1)P(=O)(OC(C)C)OC(C)C. The van der Waals surface area contributed by atoms with E-state index in [1.807, 2.05) is 12.1 Å². The maximum Gasteiger partial charge on any atom is 0.346 e. The van der Waals surface area contributed by atoms with Gasteiger partial charge in [0.2, 0.25) is 0 Å². The summed E-state index contributed by atoms with van der Waals surface area (Å²) in [7, 11) is -7.94. The molecule has 0 radical (unpaired) electrons. The summed E-state index contributed by atoms with van der Waals surface area (Å²) in [6, 6.07) is 3.97. The molecule has 7 nitrogen and oxygen atoms in total. The summed E-state index contributed by atoms with van der Waals surface area (Å²) in [5.74, 6) is 0.186. The van der Waals surface area contributed by atoms with E-state index in [9.17, 15) is 9.13 Å². The Balaban J connectivity index is 3.86. The van der Waals surface area contributed by atoms with Crippen LogP contribution in [-0.4, -0.2) is 34.8 Å². The fourth-order valence-corrected chi connectivity index (χ4v) is 9.44. The summed E-state index contributed by atoms with van der Waals surface area (Å²) in [6.45, 7) is 24.7. The number of nitrogens with zero attached hydrogens (tertiary/aromatic N) is 1. The molecular formula is C26H49NO6P2. The molecule has 0 saturated carbocycles. The molecule has 0 amide bonds. The number of rotatable bonds is 13. The van der Waals surface area contributed by atoms with Gasteiger partial charge in [-0.25, -0.2) is 0 Å². The monoisotopic (exact) mass is 533 g/mol. The summed E-state index contributed by atoms with van der Waals surface area (Å²) in [4.78, 5) is 4.87. The Labute approximate surface area is 214 Å². The number of hydrogen-bond acceptors (Lipinski definition) is 7. The Morgan fingerprint density at radius 3 is 1.37 bits per heavy atom. The van der Waals surface area contributed by atoms with E-state index in [4.69, 9.17) is 23.1 Å². The van der Waals surface area contributed by atoms with Gasteiger partial charge in [-0.05, 0) is 85.4 Å². The van der Waals surface area contributed by atoms with Crippen molar-refractivity contribution in [3.63, 3.8) is 0 Å². The van der Waals surface area contributed by atoms with Crippen LogP contribution in [0.15, 0.2) is 12.1 Å². The molecule has 204 valence electrons. The number of pyridine rings is 1. The smallest absolute Gasteiger partial charge is 0.305 e. The van der Waals surface area contributed by atoms with Crippen LogP contribution in [0.5, 0.6) is 0 Å². The second-order valence-corrected chi connectivity index (χ2v) is 16.2. The van der Waals surface area contributed by atoms with Crippen LogP contribution in [0.25, 0.3) is 0 Å². The molecule has 0 aliphatic rings. The summed E-state index contributed by atoms with van der Waals surface area (Å²) < 4.78 is 52.7. The van der Waals surface area contributed by atoms with Crippen molar-refractivity contribution in [2.24, 2.45) is 0 Å². The molecule has 0 N–H and O–H groups in total. The van der Waals surface area contributed by atoms with Crippen LogP contribution < -0.4 is 0 Å². The molecule has 0 aliphatic heterocycles. The molecular weight excluding hydrogens is 484 g/mol. The zero-order chi connectivity index (χ0) is 27.4. The summed E-state index contributed by atoms with van der Waals surface area (Å²) >= 11 is 0. The van der Waals surface area contributed by atoms with Crippen LogP contribution in [0, 0.1) is 0 Å². The third-order valence-corrected chi connectivity index (χ3v) is 11.2. The minimum absolute atomic E-state index is 0.138. The normalized spacial score (nSPS) is 13.9. The molecule has 1 heterocycles. The second-order valence-electron chi connectivity index (χ2n) is 11.6. The van der Waals surface area contributed by atoms with Crippen molar-refractivity contribution in [1.82, 2.24) is 4.98 Å². The third kappa shape index (κ3) is 10.0. The highest BCUT2D eigenvalue weighted by Crippen LogP contribution is 2.72.